The van der Waals surface area contributed by atoms with Crippen LogP contribution in [0.3, 0.4) is 0 Å². The van der Waals surface area contributed by atoms with Gasteiger partial charge in [0, 0.05) is 0 Å². The van der Waals surface area contributed by atoms with Crippen molar-refractivity contribution in [1.82, 2.24) is 0 Å². The molecule has 0 nitrogen and oxygen atoms in total. The molecule has 0 spiro atoms. The molecule has 0 fully saturated rings. The van der Waals surface area contributed by atoms with Crippen molar-refractivity contribution in [2.45, 2.75) is 41.0 Å². The molecule has 0 saturated heterocycles. The predicted octanol–water partition coefficient (Wildman–Crippen LogP) is 3.97. The Bertz CT molecular complexity index is 349. The van der Waals surface area contributed by atoms with Crippen LogP contribution >= 0.6 is 0 Å². The zero-order chi connectivity index (χ0) is 12.7. The van der Waals surface area contributed by atoms with Crippen LogP contribution in [0, 0.1) is 0 Å². The molecule has 2 heteroatoms. The Morgan fingerprint density at radius 3 is 2.35 bits per heavy atom. The molecule has 0 amide bonds. The van der Waals surface area contributed by atoms with Gasteiger partial charge in [-0.05, 0) is 0 Å². The molecule has 0 atom stereocenters. The second-order valence-corrected chi connectivity index (χ2v) is 26.1. The van der Waals surface area contributed by atoms with Crippen molar-refractivity contribution in [1.29, 1.82) is 0 Å². The molecule has 0 aliphatic heterocycles. The molecule has 1 aromatic carbocycles. The van der Waals surface area contributed by atoms with E-state index in [9.17, 15) is 0 Å². The van der Waals surface area contributed by atoms with Crippen molar-refractivity contribution in [2.24, 2.45) is 0 Å². The maximum absolute atomic E-state index is 2.61. The number of rotatable bonds is 6. The molecule has 1 rings (SSSR count). The number of unbranched alkanes of at least 4 members (excludes halogenated alkanes) is 2. The van der Waals surface area contributed by atoms with E-state index in [0.29, 0.717) is 0 Å². The Balaban J connectivity index is 2.75. The number of hydrogen-bond donors (Lipinski definition) is 0. The van der Waals surface area contributed by atoms with E-state index in [1.807, 2.05) is 1.64 Å². The molecule has 0 bridgehead atoms. The van der Waals surface area contributed by atoms with E-state index in [2.05, 4.69) is 58.2 Å². The quantitative estimate of drug-likeness (QED) is 0.455. The van der Waals surface area contributed by atoms with Crippen LogP contribution in [0.5, 0.6) is 0 Å². The van der Waals surface area contributed by atoms with Crippen molar-refractivity contribution in [3.63, 3.8) is 0 Å². The van der Waals surface area contributed by atoms with E-state index in [0.717, 1.165) is 0 Å². The third kappa shape index (κ3) is 6.32. The SMILES string of the molecule is CCCC/C=[C](/[Te]c1ccccc1)[Sn]([CH3])([CH3])[CH3]. The van der Waals surface area contributed by atoms with Gasteiger partial charge in [0.2, 0.25) is 0 Å². The third-order valence-corrected chi connectivity index (χ3v) is 23.6. The molecule has 0 N–H and O–H groups in total. The average Bonchev–Trinajstić information content (AvgIpc) is 2.28. The number of allylic oxidation sites excluding steroid dienone is 1. The summed E-state index contributed by atoms with van der Waals surface area (Å²) in [6, 6.07) is 11.1. The molecule has 0 aliphatic carbocycles. The van der Waals surface area contributed by atoms with Gasteiger partial charge in [-0.3, -0.25) is 0 Å². The van der Waals surface area contributed by atoms with Gasteiger partial charge >= 0.3 is 122 Å². The van der Waals surface area contributed by atoms with Crippen LogP contribution in [0.2, 0.25) is 14.8 Å². The van der Waals surface area contributed by atoms with Gasteiger partial charge in [0.05, 0.1) is 0 Å². The normalized spacial score (nSPS) is 12.8. The number of hydrogen-bond acceptors (Lipinski definition) is 0. The molecule has 1 aromatic rings. The molecule has 0 aliphatic rings. The Kier molecular flexibility index (Phi) is 7.22. The van der Waals surface area contributed by atoms with Crippen molar-refractivity contribution >= 4 is 42.9 Å². The predicted molar refractivity (Wildman–Crippen MR) is 82.8 cm³/mol. The summed E-state index contributed by atoms with van der Waals surface area (Å²) in [6.07, 6.45) is 6.58. The Labute approximate surface area is 121 Å². The second-order valence-electron chi connectivity index (χ2n) is 5.38. The fraction of sp³-hybridized carbons (Fsp3) is 0.467. The Morgan fingerprint density at radius 1 is 1.18 bits per heavy atom. The van der Waals surface area contributed by atoms with Crippen LogP contribution in [0.25, 0.3) is 0 Å². The molecule has 0 aromatic heterocycles. The van der Waals surface area contributed by atoms with Gasteiger partial charge in [-0.15, -0.1) is 0 Å². The van der Waals surface area contributed by atoms with Gasteiger partial charge in [0.25, 0.3) is 0 Å². The first-order valence-corrected chi connectivity index (χ1v) is 18.8. The van der Waals surface area contributed by atoms with Crippen molar-refractivity contribution in [2.75, 3.05) is 0 Å². The summed E-state index contributed by atoms with van der Waals surface area (Å²) in [5.41, 5.74) is 0. The van der Waals surface area contributed by atoms with Crippen LogP contribution < -0.4 is 3.61 Å². The maximum atomic E-state index is 2.61. The summed E-state index contributed by atoms with van der Waals surface area (Å²) >= 11 is -1.93. The molecular formula is C15H24SnTe. The summed E-state index contributed by atoms with van der Waals surface area (Å²) in [6.45, 7) is 2.28. The topological polar surface area (TPSA) is 0 Å². The first-order chi connectivity index (χ1) is 8.04. The van der Waals surface area contributed by atoms with Crippen LogP contribution in [0.1, 0.15) is 26.2 Å². The van der Waals surface area contributed by atoms with Crippen molar-refractivity contribution in [3.8, 4) is 0 Å². The van der Waals surface area contributed by atoms with Crippen LogP contribution in [-0.4, -0.2) is 39.3 Å². The van der Waals surface area contributed by atoms with E-state index >= 15 is 0 Å². The van der Waals surface area contributed by atoms with E-state index in [1.165, 1.54) is 19.3 Å². The fourth-order valence-electron chi connectivity index (χ4n) is 1.55. The van der Waals surface area contributed by atoms with Gasteiger partial charge in [0.15, 0.2) is 0 Å². The van der Waals surface area contributed by atoms with Crippen LogP contribution in [0.4, 0.5) is 0 Å². The van der Waals surface area contributed by atoms with E-state index in [1.54, 1.807) is 3.61 Å². The average molecular weight is 451 g/mol. The zero-order valence-electron chi connectivity index (χ0n) is 11.5. The van der Waals surface area contributed by atoms with Crippen molar-refractivity contribution < 1.29 is 0 Å². The molecule has 0 radical (unpaired) electrons. The summed E-state index contributed by atoms with van der Waals surface area (Å²) in [5, 5.41) is 0. The first kappa shape index (κ1) is 15.6. The summed E-state index contributed by atoms with van der Waals surface area (Å²) in [5.74, 6) is 0. The third-order valence-electron chi connectivity index (χ3n) is 2.60. The van der Waals surface area contributed by atoms with Gasteiger partial charge in [-0.1, -0.05) is 0 Å². The minimum absolute atomic E-state index is 0.0881. The van der Waals surface area contributed by atoms with Gasteiger partial charge in [-0.25, -0.2) is 0 Å². The monoisotopic (exact) mass is 454 g/mol. The van der Waals surface area contributed by atoms with Crippen molar-refractivity contribution in [3.05, 3.63) is 38.0 Å². The second kappa shape index (κ2) is 7.87. The van der Waals surface area contributed by atoms with Gasteiger partial charge < -0.3 is 0 Å². The van der Waals surface area contributed by atoms with E-state index in [4.69, 9.17) is 0 Å². The Hall–Kier alpha value is 0.548. The summed E-state index contributed by atoms with van der Waals surface area (Å²) < 4.78 is 3.51. The number of benzene rings is 1. The molecule has 0 heterocycles. The molecule has 0 unspecified atom stereocenters. The summed E-state index contributed by atoms with van der Waals surface area (Å²) in [4.78, 5) is 7.67. The zero-order valence-corrected chi connectivity index (χ0v) is 16.7. The van der Waals surface area contributed by atoms with Gasteiger partial charge in [-0.2, -0.15) is 0 Å². The van der Waals surface area contributed by atoms with Crippen LogP contribution in [0.15, 0.2) is 38.0 Å². The standard InChI is InChI=1S/C12H15Te.3CH3.Sn/c1-2-3-4-8-11-13-12-9-6-5-7-10-12;;;;/h5-10H,2-4H2,1H3;3*1H3;. The Morgan fingerprint density at radius 2 is 1.82 bits per heavy atom. The molecular weight excluding hydrogens is 426 g/mol. The van der Waals surface area contributed by atoms with Gasteiger partial charge in [0.1, 0.15) is 0 Å². The first-order valence-electron chi connectivity index (χ1n) is 6.47. The van der Waals surface area contributed by atoms with E-state index in [-0.39, 0.29) is 20.9 Å². The summed E-state index contributed by atoms with van der Waals surface area (Å²) in [7, 11) is 0. The minimum atomic E-state index is -1.84. The van der Waals surface area contributed by atoms with E-state index < -0.39 is 18.4 Å². The van der Waals surface area contributed by atoms with Crippen LogP contribution in [-0.2, 0) is 0 Å². The fourth-order valence-corrected chi connectivity index (χ4v) is 14.8. The molecule has 0 saturated carbocycles. The molecule has 94 valence electrons. The molecule has 17 heavy (non-hydrogen) atoms.